The van der Waals surface area contributed by atoms with Crippen LogP contribution in [0.3, 0.4) is 0 Å². The number of aryl methyl sites for hydroxylation is 2. The van der Waals surface area contributed by atoms with Gasteiger partial charge in [-0.1, -0.05) is 12.2 Å². The zero-order valence-electron chi connectivity index (χ0n) is 10.4. The van der Waals surface area contributed by atoms with E-state index in [1.54, 1.807) is 0 Å². The molecule has 0 spiro atoms. The first-order valence-corrected chi connectivity index (χ1v) is 6.67. The van der Waals surface area contributed by atoms with Gasteiger partial charge in [0, 0.05) is 25.1 Å². The lowest BCUT2D eigenvalue weighted by Crippen LogP contribution is -2.13. The topological polar surface area (TPSA) is 56.7 Å². The summed E-state index contributed by atoms with van der Waals surface area (Å²) in [5.41, 5.74) is 8.68. The Kier molecular flexibility index (Phi) is 2.78. The molecule has 2 aromatic heterocycles. The molecule has 2 N–H and O–H groups in total. The molecule has 1 fully saturated rings. The molecule has 0 saturated heterocycles. The third-order valence-corrected chi connectivity index (χ3v) is 3.48. The van der Waals surface area contributed by atoms with Crippen molar-refractivity contribution in [3.63, 3.8) is 0 Å². The Morgan fingerprint density at radius 2 is 2.33 bits per heavy atom. The smallest absolute Gasteiger partial charge is 0.160 e. The van der Waals surface area contributed by atoms with E-state index >= 15 is 0 Å². The van der Waals surface area contributed by atoms with Crippen molar-refractivity contribution in [2.75, 3.05) is 0 Å². The van der Waals surface area contributed by atoms with E-state index in [4.69, 9.17) is 22.9 Å². The highest BCUT2D eigenvalue weighted by Gasteiger charge is 2.29. The summed E-state index contributed by atoms with van der Waals surface area (Å²) in [5, 5.41) is 0. The average Bonchev–Trinajstić information content (AvgIpc) is 3.09. The Morgan fingerprint density at radius 1 is 1.56 bits per heavy atom. The lowest BCUT2D eigenvalue weighted by Gasteiger charge is -2.07. The van der Waals surface area contributed by atoms with Crippen LogP contribution >= 0.6 is 12.2 Å². The normalized spacial score (nSPS) is 15.2. The van der Waals surface area contributed by atoms with Crippen LogP contribution in [0.4, 0.5) is 0 Å². The molecule has 18 heavy (non-hydrogen) atoms. The molecule has 4 nitrogen and oxygen atoms in total. The summed E-state index contributed by atoms with van der Waals surface area (Å²) < 4.78 is 2.19. The van der Waals surface area contributed by atoms with Crippen LogP contribution < -0.4 is 5.73 Å². The number of nitrogens with two attached hydrogens (primary N) is 1. The molecule has 0 radical (unpaired) electrons. The quantitative estimate of drug-likeness (QED) is 0.857. The van der Waals surface area contributed by atoms with E-state index in [9.17, 15) is 0 Å². The van der Waals surface area contributed by atoms with Crippen LogP contribution in [0.1, 0.15) is 36.6 Å². The summed E-state index contributed by atoms with van der Waals surface area (Å²) >= 11 is 4.96. The van der Waals surface area contributed by atoms with Gasteiger partial charge in [-0.2, -0.15) is 0 Å². The summed E-state index contributed by atoms with van der Waals surface area (Å²) in [4.78, 5) is 9.78. The number of thiocarbonyl (C=S) groups is 1. The minimum Gasteiger partial charge on any atom is -0.393 e. The second-order valence-electron chi connectivity index (χ2n) is 4.97. The fourth-order valence-electron chi connectivity index (χ4n) is 2.22. The van der Waals surface area contributed by atoms with E-state index < -0.39 is 0 Å². The first kappa shape index (κ1) is 11.6. The van der Waals surface area contributed by atoms with Crippen molar-refractivity contribution in [3.8, 4) is 0 Å². The SMILES string of the molecule is Cc1cnc2c(c1)nc(C1CC1)n2CCC(N)=S. The molecule has 1 aliphatic carbocycles. The van der Waals surface area contributed by atoms with Crippen molar-refractivity contribution in [1.82, 2.24) is 14.5 Å². The molecule has 1 aliphatic rings. The Hall–Kier alpha value is -1.49. The summed E-state index contributed by atoms with van der Waals surface area (Å²) in [5.74, 6) is 1.75. The lowest BCUT2D eigenvalue weighted by molar-refractivity contribution is 0.688. The molecule has 2 heterocycles. The Bertz CT molecular complexity index is 613. The minimum atomic E-state index is 0.547. The van der Waals surface area contributed by atoms with Crippen LogP contribution in [0.25, 0.3) is 11.2 Å². The molecule has 0 unspecified atom stereocenters. The molecule has 0 bridgehead atoms. The van der Waals surface area contributed by atoms with Gasteiger partial charge in [0.2, 0.25) is 0 Å². The number of hydrogen-bond donors (Lipinski definition) is 1. The number of fused-ring (bicyclic) bond motifs is 1. The van der Waals surface area contributed by atoms with E-state index in [2.05, 4.69) is 15.6 Å². The van der Waals surface area contributed by atoms with Gasteiger partial charge in [-0.05, 0) is 31.4 Å². The molecular weight excluding hydrogens is 244 g/mol. The highest BCUT2D eigenvalue weighted by molar-refractivity contribution is 7.80. The first-order valence-electron chi connectivity index (χ1n) is 6.26. The molecule has 94 valence electrons. The van der Waals surface area contributed by atoms with Crippen LogP contribution in [0.5, 0.6) is 0 Å². The Labute approximate surface area is 111 Å². The average molecular weight is 260 g/mol. The molecule has 2 aromatic rings. The van der Waals surface area contributed by atoms with E-state index in [1.165, 1.54) is 12.8 Å². The van der Waals surface area contributed by atoms with E-state index in [0.717, 1.165) is 29.1 Å². The molecule has 0 aliphatic heterocycles. The minimum absolute atomic E-state index is 0.547. The number of pyridine rings is 1. The van der Waals surface area contributed by atoms with Crippen molar-refractivity contribution in [2.45, 2.75) is 38.6 Å². The fraction of sp³-hybridized carbons (Fsp3) is 0.462. The summed E-state index contributed by atoms with van der Waals surface area (Å²) in [6.45, 7) is 2.82. The fourth-order valence-corrected chi connectivity index (χ4v) is 2.32. The molecule has 0 amide bonds. The number of imidazole rings is 1. The van der Waals surface area contributed by atoms with Gasteiger partial charge in [0.05, 0.1) is 4.99 Å². The van der Waals surface area contributed by atoms with Crippen LogP contribution in [-0.4, -0.2) is 19.5 Å². The van der Waals surface area contributed by atoms with E-state index in [1.807, 2.05) is 13.1 Å². The summed E-state index contributed by atoms with van der Waals surface area (Å²) in [6, 6.07) is 2.09. The van der Waals surface area contributed by atoms with Crippen molar-refractivity contribution >= 4 is 28.4 Å². The largest absolute Gasteiger partial charge is 0.393 e. The second-order valence-corrected chi connectivity index (χ2v) is 5.49. The van der Waals surface area contributed by atoms with E-state index in [-0.39, 0.29) is 0 Å². The van der Waals surface area contributed by atoms with Gasteiger partial charge < -0.3 is 10.3 Å². The van der Waals surface area contributed by atoms with Crippen molar-refractivity contribution < 1.29 is 0 Å². The molecule has 0 aromatic carbocycles. The third-order valence-electron chi connectivity index (χ3n) is 3.28. The van der Waals surface area contributed by atoms with Gasteiger partial charge in [0.1, 0.15) is 11.3 Å². The predicted octanol–water partition coefficient (Wildman–Crippen LogP) is 2.29. The third kappa shape index (κ3) is 2.10. The number of nitrogens with zero attached hydrogens (tertiary/aromatic N) is 3. The molecule has 0 atom stereocenters. The van der Waals surface area contributed by atoms with Gasteiger partial charge in [-0.3, -0.25) is 0 Å². The monoisotopic (exact) mass is 260 g/mol. The predicted molar refractivity (Wildman–Crippen MR) is 75.6 cm³/mol. The van der Waals surface area contributed by atoms with Crippen LogP contribution in [-0.2, 0) is 6.54 Å². The van der Waals surface area contributed by atoms with Gasteiger partial charge in [-0.25, -0.2) is 9.97 Å². The molecule has 5 heteroatoms. The van der Waals surface area contributed by atoms with Crippen LogP contribution in [0.2, 0.25) is 0 Å². The number of aromatic nitrogens is 3. The standard InChI is InChI=1S/C13H16N4S/c1-8-6-10-13(15-7-8)17(5-4-11(14)18)12(16-10)9-2-3-9/h6-7,9H,2-5H2,1H3,(H2,14,18). The van der Waals surface area contributed by atoms with Gasteiger partial charge in [0.25, 0.3) is 0 Å². The van der Waals surface area contributed by atoms with E-state index in [0.29, 0.717) is 17.3 Å². The summed E-state index contributed by atoms with van der Waals surface area (Å²) in [7, 11) is 0. The number of hydrogen-bond acceptors (Lipinski definition) is 3. The zero-order valence-corrected chi connectivity index (χ0v) is 11.2. The van der Waals surface area contributed by atoms with Gasteiger partial charge in [0.15, 0.2) is 5.65 Å². The number of rotatable bonds is 4. The summed E-state index contributed by atoms with van der Waals surface area (Å²) in [6.07, 6.45) is 5.05. The van der Waals surface area contributed by atoms with Crippen LogP contribution in [0.15, 0.2) is 12.3 Å². The molecule has 1 saturated carbocycles. The van der Waals surface area contributed by atoms with Crippen molar-refractivity contribution in [3.05, 3.63) is 23.7 Å². The highest BCUT2D eigenvalue weighted by atomic mass is 32.1. The Morgan fingerprint density at radius 3 is 3.00 bits per heavy atom. The van der Waals surface area contributed by atoms with Crippen LogP contribution in [0, 0.1) is 6.92 Å². The van der Waals surface area contributed by atoms with Crippen molar-refractivity contribution in [2.24, 2.45) is 5.73 Å². The maximum Gasteiger partial charge on any atom is 0.160 e. The second kappa shape index (κ2) is 4.31. The zero-order chi connectivity index (χ0) is 12.7. The van der Waals surface area contributed by atoms with Gasteiger partial charge >= 0.3 is 0 Å². The lowest BCUT2D eigenvalue weighted by atomic mass is 10.3. The van der Waals surface area contributed by atoms with Gasteiger partial charge in [-0.15, -0.1) is 0 Å². The van der Waals surface area contributed by atoms with Crippen molar-refractivity contribution in [1.29, 1.82) is 0 Å². The molecule has 3 rings (SSSR count). The maximum atomic E-state index is 5.60. The first-order chi connectivity index (χ1) is 8.65. The Balaban J connectivity index is 2.06. The highest BCUT2D eigenvalue weighted by Crippen LogP contribution is 2.40. The maximum absolute atomic E-state index is 5.60. The molecular formula is C13H16N4S.